The van der Waals surface area contributed by atoms with E-state index in [1.165, 1.54) is 22.3 Å². The SMILES string of the molecule is Cc1cc(Cc2c(C)nn(CCC(=O)[O-])c2C)c2c(c1O)CCC2.Cc1cc(Cc2c(C)nn(CCC(=O)[O-])c2C)c2c(c1O)CCC2.[Na+].[Na+]. The van der Waals surface area contributed by atoms with Crippen LogP contribution < -0.4 is 69.3 Å². The Labute approximate surface area is 338 Å². The minimum absolute atomic E-state index is 0. The van der Waals surface area contributed by atoms with E-state index in [0.29, 0.717) is 24.6 Å². The monoisotopic (exact) mass is 700 g/mol. The first-order valence-electron chi connectivity index (χ1n) is 16.9. The van der Waals surface area contributed by atoms with Crippen LogP contribution in [-0.4, -0.2) is 41.7 Å². The van der Waals surface area contributed by atoms with E-state index in [0.717, 1.165) is 108 Å². The van der Waals surface area contributed by atoms with E-state index in [2.05, 4.69) is 22.3 Å². The fraction of sp³-hybridized carbons (Fsp3) is 0.474. The van der Waals surface area contributed by atoms with E-state index in [4.69, 9.17) is 0 Å². The summed E-state index contributed by atoms with van der Waals surface area (Å²) in [5.74, 6) is -1.22. The van der Waals surface area contributed by atoms with Gasteiger partial charge in [-0.15, -0.1) is 0 Å². The van der Waals surface area contributed by atoms with Crippen LogP contribution in [0.2, 0.25) is 0 Å². The molecule has 10 nitrogen and oxygen atoms in total. The average Bonchev–Trinajstić information content (AvgIpc) is 3.82. The van der Waals surface area contributed by atoms with Gasteiger partial charge >= 0.3 is 59.1 Å². The minimum atomic E-state index is -1.06. The number of rotatable bonds is 10. The summed E-state index contributed by atoms with van der Waals surface area (Å²) in [6, 6.07) is 4.16. The number of benzene rings is 2. The summed E-state index contributed by atoms with van der Waals surface area (Å²) in [5.41, 5.74) is 15.3. The van der Waals surface area contributed by atoms with Gasteiger partial charge in [-0.05, 0) is 125 Å². The van der Waals surface area contributed by atoms with Gasteiger partial charge in [-0.3, -0.25) is 9.36 Å². The Morgan fingerprint density at radius 3 is 1.32 bits per heavy atom. The fourth-order valence-electron chi connectivity index (χ4n) is 7.53. The number of phenols is 2. The minimum Gasteiger partial charge on any atom is -0.550 e. The van der Waals surface area contributed by atoms with Crippen LogP contribution in [0.25, 0.3) is 0 Å². The molecular formula is C38H46N4Na2O6. The van der Waals surface area contributed by atoms with Gasteiger partial charge in [0.25, 0.3) is 0 Å². The van der Waals surface area contributed by atoms with Gasteiger partial charge in [-0.25, -0.2) is 0 Å². The van der Waals surface area contributed by atoms with E-state index >= 15 is 0 Å². The number of fused-ring (bicyclic) bond motifs is 2. The van der Waals surface area contributed by atoms with Crippen molar-refractivity contribution in [2.75, 3.05) is 0 Å². The number of aliphatic carboxylic acids is 2. The molecular weight excluding hydrogens is 654 g/mol. The van der Waals surface area contributed by atoms with Gasteiger partial charge in [0.05, 0.1) is 11.4 Å². The van der Waals surface area contributed by atoms with E-state index in [-0.39, 0.29) is 72.0 Å². The van der Waals surface area contributed by atoms with Crippen LogP contribution in [0.5, 0.6) is 11.5 Å². The number of carbonyl (C=O) groups excluding carboxylic acids is 2. The van der Waals surface area contributed by atoms with Crippen LogP contribution in [0, 0.1) is 41.5 Å². The summed E-state index contributed by atoms with van der Waals surface area (Å²) in [5, 5.41) is 50.9. The van der Waals surface area contributed by atoms with Crippen molar-refractivity contribution in [2.24, 2.45) is 0 Å². The molecule has 0 saturated heterocycles. The molecule has 2 heterocycles. The number of carboxylic acid groups (broad SMARTS) is 2. The average molecular weight is 701 g/mol. The zero-order chi connectivity index (χ0) is 34.9. The number of phenolic OH excluding ortho intramolecular Hbond substituents is 2. The summed E-state index contributed by atoms with van der Waals surface area (Å²) in [4.78, 5) is 21.4. The topological polar surface area (TPSA) is 156 Å². The van der Waals surface area contributed by atoms with Crippen molar-refractivity contribution in [1.29, 1.82) is 0 Å². The van der Waals surface area contributed by atoms with Crippen molar-refractivity contribution >= 4 is 11.9 Å². The Morgan fingerprint density at radius 2 is 0.980 bits per heavy atom. The smallest absolute Gasteiger partial charge is 0.550 e. The molecule has 6 rings (SSSR count). The third-order valence-corrected chi connectivity index (χ3v) is 10.2. The molecule has 2 N–H and O–H groups in total. The molecule has 0 bridgehead atoms. The van der Waals surface area contributed by atoms with Crippen molar-refractivity contribution < 1.29 is 89.1 Å². The molecule has 0 atom stereocenters. The summed E-state index contributed by atoms with van der Waals surface area (Å²) in [7, 11) is 0. The summed E-state index contributed by atoms with van der Waals surface area (Å²) < 4.78 is 3.52. The molecule has 2 aliphatic carbocycles. The van der Waals surface area contributed by atoms with E-state index in [9.17, 15) is 30.0 Å². The molecule has 0 radical (unpaired) electrons. The van der Waals surface area contributed by atoms with Crippen LogP contribution in [0.3, 0.4) is 0 Å². The number of aryl methyl sites for hydroxylation is 6. The molecule has 12 heteroatoms. The zero-order valence-electron chi connectivity index (χ0n) is 31.0. The molecule has 0 fully saturated rings. The first-order chi connectivity index (χ1) is 22.8. The van der Waals surface area contributed by atoms with Gasteiger partial charge in [-0.1, -0.05) is 12.1 Å². The number of aromatic hydroxyl groups is 2. The summed E-state index contributed by atoms with van der Waals surface area (Å²) in [6.45, 7) is 12.5. The van der Waals surface area contributed by atoms with Gasteiger partial charge in [-0.2, -0.15) is 10.2 Å². The molecule has 0 amide bonds. The third kappa shape index (κ3) is 9.06. The van der Waals surface area contributed by atoms with Crippen LogP contribution in [0.15, 0.2) is 12.1 Å². The van der Waals surface area contributed by atoms with Crippen molar-refractivity contribution in [1.82, 2.24) is 19.6 Å². The fourth-order valence-corrected chi connectivity index (χ4v) is 7.53. The predicted octanol–water partition coefficient (Wildman–Crippen LogP) is -2.53. The second kappa shape index (κ2) is 17.8. The number of carbonyl (C=O) groups is 2. The van der Waals surface area contributed by atoms with E-state index in [1.54, 1.807) is 9.36 Å². The molecule has 2 aromatic heterocycles. The predicted molar refractivity (Wildman–Crippen MR) is 178 cm³/mol. The quantitative estimate of drug-likeness (QED) is 0.172. The Morgan fingerprint density at radius 1 is 0.640 bits per heavy atom. The largest absolute Gasteiger partial charge is 1.00 e. The van der Waals surface area contributed by atoms with Gasteiger partial charge in [0.2, 0.25) is 0 Å². The van der Waals surface area contributed by atoms with Crippen LogP contribution in [-0.2, 0) is 61.2 Å². The Bertz CT molecular complexity index is 1760. The standard InChI is InChI=1S/2C19H24N2O3.2Na/c2*1-11-9-14(15-5-4-6-16(15)19(11)24)10-17-12(2)20-21(13(17)3)8-7-18(22)23;;/h2*9,24H,4-8,10H2,1-3H3,(H,22,23);;/q;;2*+1/p-2. The van der Waals surface area contributed by atoms with E-state index in [1.807, 2.05) is 41.5 Å². The van der Waals surface area contributed by atoms with Gasteiger partial charge in [0, 0.05) is 73.2 Å². The van der Waals surface area contributed by atoms with Gasteiger partial charge in [0.15, 0.2) is 0 Å². The second-order valence-corrected chi connectivity index (χ2v) is 13.4. The van der Waals surface area contributed by atoms with Crippen molar-refractivity contribution in [3.05, 3.63) is 90.5 Å². The Kier molecular flexibility index (Phi) is 14.8. The van der Waals surface area contributed by atoms with E-state index < -0.39 is 11.9 Å². The van der Waals surface area contributed by atoms with Crippen molar-refractivity contribution in [2.45, 2.75) is 119 Å². The number of hydrogen-bond acceptors (Lipinski definition) is 8. The summed E-state index contributed by atoms with van der Waals surface area (Å²) in [6.07, 6.45) is 7.55. The van der Waals surface area contributed by atoms with Crippen LogP contribution >= 0.6 is 0 Å². The Balaban J connectivity index is 0.000000260. The number of aromatic nitrogens is 4. The first-order valence-corrected chi connectivity index (χ1v) is 16.9. The maximum Gasteiger partial charge on any atom is 1.00 e. The number of hydrogen-bond donors (Lipinski definition) is 2. The normalized spacial score (nSPS) is 12.8. The molecule has 50 heavy (non-hydrogen) atoms. The summed E-state index contributed by atoms with van der Waals surface area (Å²) >= 11 is 0. The molecule has 2 aromatic carbocycles. The molecule has 0 aliphatic heterocycles. The maximum atomic E-state index is 10.7. The van der Waals surface area contributed by atoms with Crippen molar-refractivity contribution in [3.8, 4) is 11.5 Å². The maximum absolute atomic E-state index is 10.7. The zero-order valence-corrected chi connectivity index (χ0v) is 35.0. The van der Waals surface area contributed by atoms with Gasteiger partial charge < -0.3 is 30.0 Å². The Hall–Kier alpha value is -2.60. The molecule has 256 valence electrons. The first kappa shape index (κ1) is 41.8. The molecule has 2 aliphatic rings. The van der Waals surface area contributed by atoms with Crippen LogP contribution in [0.1, 0.15) is 104 Å². The van der Waals surface area contributed by atoms with Crippen LogP contribution in [0.4, 0.5) is 0 Å². The van der Waals surface area contributed by atoms with Crippen molar-refractivity contribution in [3.63, 3.8) is 0 Å². The second-order valence-electron chi connectivity index (χ2n) is 13.4. The molecule has 4 aromatic rings. The molecule has 0 spiro atoms. The molecule has 0 unspecified atom stereocenters. The number of carboxylic acids is 2. The third-order valence-electron chi connectivity index (χ3n) is 10.2. The van der Waals surface area contributed by atoms with Gasteiger partial charge in [0.1, 0.15) is 11.5 Å². The number of nitrogens with zero attached hydrogens (tertiary/aromatic N) is 4. The molecule has 0 saturated carbocycles.